The maximum absolute atomic E-state index is 12.8. The summed E-state index contributed by atoms with van der Waals surface area (Å²) in [5.41, 5.74) is 5.13. The van der Waals surface area contributed by atoms with E-state index in [4.69, 9.17) is 15.2 Å². The largest absolute Gasteiger partial charge is 0.388 e. The van der Waals surface area contributed by atoms with E-state index < -0.39 is 18.4 Å². The number of carbonyl (C=O) groups is 5. The zero-order valence-corrected chi connectivity index (χ0v) is 24.3. The minimum atomic E-state index is -0.651. The van der Waals surface area contributed by atoms with E-state index in [2.05, 4.69) is 21.3 Å². The summed E-state index contributed by atoms with van der Waals surface area (Å²) in [6, 6.07) is -0.651. The number of rotatable bonds is 25. The first-order valence-electron chi connectivity index (χ1n) is 15.0. The smallest absolute Gasteiger partial charge is 0.242 e. The first kappa shape index (κ1) is 36.3. The Morgan fingerprint density at radius 3 is 2.27 bits per heavy atom. The predicted molar refractivity (Wildman–Crippen MR) is 152 cm³/mol. The highest BCUT2D eigenvalue weighted by molar-refractivity contribution is 5.87. The van der Waals surface area contributed by atoms with E-state index in [1.807, 2.05) is 0 Å². The van der Waals surface area contributed by atoms with Crippen LogP contribution in [0.25, 0.3) is 0 Å². The molecule has 1 rings (SSSR count). The van der Waals surface area contributed by atoms with Crippen molar-refractivity contribution in [3.8, 4) is 0 Å². The topological polar surface area (TPSA) is 198 Å². The summed E-state index contributed by atoms with van der Waals surface area (Å²) < 4.78 is 10.8. The van der Waals surface area contributed by atoms with E-state index in [0.717, 1.165) is 25.7 Å². The molecule has 0 radical (unpaired) electrons. The monoisotopic (exact) mass is 585 g/mol. The fraction of sp³-hybridized carbons (Fsp3) is 0.821. The lowest BCUT2D eigenvalue weighted by Gasteiger charge is -2.27. The van der Waals surface area contributed by atoms with Crippen LogP contribution in [-0.2, 0) is 33.4 Å². The number of nitrogens with two attached hydrogens (primary N) is 1. The van der Waals surface area contributed by atoms with Gasteiger partial charge in [-0.15, -0.1) is 0 Å². The molecule has 0 aromatic rings. The molecule has 236 valence electrons. The number of aliphatic hydroxyl groups excluding tert-OH is 1. The predicted octanol–water partition coefficient (Wildman–Crippen LogP) is 0.520. The molecule has 0 spiro atoms. The molecule has 1 fully saturated rings. The lowest BCUT2D eigenvalue weighted by molar-refractivity contribution is -0.213. The molecular weight excluding hydrogens is 534 g/mol. The second-order valence-corrected chi connectivity index (χ2v) is 10.3. The van der Waals surface area contributed by atoms with Crippen LogP contribution < -0.4 is 27.0 Å². The average Bonchev–Trinajstić information content (AvgIpc) is 2.94. The van der Waals surface area contributed by atoms with Gasteiger partial charge >= 0.3 is 0 Å². The van der Waals surface area contributed by atoms with E-state index in [1.165, 1.54) is 0 Å². The average molecular weight is 586 g/mol. The molecule has 0 bridgehead atoms. The van der Waals surface area contributed by atoms with Crippen molar-refractivity contribution in [3.05, 3.63) is 0 Å². The van der Waals surface area contributed by atoms with Crippen LogP contribution in [0.2, 0.25) is 0 Å². The Morgan fingerprint density at radius 1 is 0.878 bits per heavy atom. The first-order valence-corrected chi connectivity index (χ1v) is 15.0. The molecule has 0 aromatic carbocycles. The summed E-state index contributed by atoms with van der Waals surface area (Å²) in [7, 11) is 0. The van der Waals surface area contributed by atoms with E-state index in [0.29, 0.717) is 103 Å². The third-order valence-corrected chi connectivity index (χ3v) is 6.70. The van der Waals surface area contributed by atoms with Crippen LogP contribution in [0, 0.1) is 0 Å². The van der Waals surface area contributed by atoms with Crippen molar-refractivity contribution in [2.24, 2.45) is 5.73 Å². The SMILES string of the molecule is NC(=O)CCCCCCC(=O)NC(CCCCNC=O)C(=O)NCCCCCC(=O)NCCOC1OCCCC1O. The van der Waals surface area contributed by atoms with Gasteiger partial charge in [0, 0.05) is 45.5 Å². The molecule has 5 amide bonds. The van der Waals surface area contributed by atoms with Gasteiger partial charge in [0.1, 0.15) is 12.1 Å². The zero-order chi connectivity index (χ0) is 30.1. The van der Waals surface area contributed by atoms with E-state index in [-0.39, 0.29) is 30.2 Å². The highest BCUT2D eigenvalue weighted by atomic mass is 16.7. The summed E-state index contributed by atoms with van der Waals surface area (Å²) in [6.45, 7) is 2.12. The van der Waals surface area contributed by atoms with Crippen molar-refractivity contribution in [2.75, 3.05) is 32.8 Å². The van der Waals surface area contributed by atoms with Crippen molar-refractivity contribution < 1.29 is 38.6 Å². The number of primary amides is 1. The summed E-state index contributed by atoms with van der Waals surface area (Å²) in [4.78, 5) is 58.4. The fourth-order valence-corrected chi connectivity index (χ4v) is 4.38. The second kappa shape index (κ2) is 23.9. The standard InChI is InChI=1S/C28H51N5O8/c29-24(36)13-4-1-2-5-15-26(38)33-22(11-7-9-16-30-21-34)27(39)32-17-8-3-6-14-25(37)31-18-20-41-28-23(35)12-10-19-40-28/h21-23,28,35H,1-20H2,(H2,29,36)(H,30,34)(H,31,37)(H,32,39)(H,33,38). The molecule has 41 heavy (non-hydrogen) atoms. The minimum Gasteiger partial charge on any atom is -0.388 e. The number of ether oxygens (including phenoxy) is 2. The summed E-state index contributed by atoms with van der Waals surface area (Å²) >= 11 is 0. The number of carbonyl (C=O) groups excluding carboxylic acids is 5. The third-order valence-electron chi connectivity index (χ3n) is 6.70. The molecule has 13 nitrogen and oxygen atoms in total. The molecule has 1 aliphatic rings. The van der Waals surface area contributed by atoms with Gasteiger partial charge in [-0.3, -0.25) is 24.0 Å². The molecule has 0 aromatic heterocycles. The Bertz CT molecular complexity index is 770. The van der Waals surface area contributed by atoms with Gasteiger partial charge in [-0.05, 0) is 57.8 Å². The highest BCUT2D eigenvalue weighted by Crippen LogP contribution is 2.14. The molecule has 3 atom stereocenters. The van der Waals surface area contributed by atoms with Crippen molar-refractivity contribution in [1.82, 2.24) is 21.3 Å². The van der Waals surface area contributed by atoms with Crippen LogP contribution in [0.1, 0.15) is 96.3 Å². The number of nitrogens with one attached hydrogen (secondary N) is 4. The van der Waals surface area contributed by atoms with E-state index in [9.17, 15) is 29.1 Å². The molecule has 13 heteroatoms. The van der Waals surface area contributed by atoms with Gasteiger partial charge < -0.3 is 41.6 Å². The van der Waals surface area contributed by atoms with E-state index >= 15 is 0 Å². The molecule has 3 unspecified atom stereocenters. The second-order valence-electron chi connectivity index (χ2n) is 10.3. The van der Waals surface area contributed by atoms with Crippen molar-refractivity contribution in [2.45, 2.75) is 115 Å². The Labute approximate surface area is 243 Å². The van der Waals surface area contributed by atoms with Crippen molar-refractivity contribution in [3.63, 3.8) is 0 Å². The van der Waals surface area contributed by atoms with Crippen LogP contribution in [0.4, 0.5) is 0 Å². The molecule has 1 saturated heterocycles. The van der Waals surface area contributed by atoms with Gasteiger partial charge in [0.25, 0.3) is 0 Å². The van der Waals surface area contributed by atoms with Gasteiger partial charge in [-0.1, -0.05) is 19.3 Å². The van der Waals surface area contributed by atoms with E-state index in [1.54, 1.807) is 0 Å². The van der Waals surface area contributed by atoms with Crippen LogP contribution in [-0.4, -0.2) is 86.4 Å². The number of hydrogen-bond acceptors (Lipinski definition) is 8. The molecule has 0 saturated carbocycles. The Morgan fingerprint density at radius 2 is 1.56 bits per heavy atom. The molecular formula is C28H51N5O8. The number of amides is 5. The number of hydrogen-bond donors (Lipinski definition) is 6. The number of aliphatic hydroxyl groups is 1. The zero-order valence-electron chi connectivity index (χ0n) is 24.3. The quantitative estimate of drug-likeness (QED) is 0.0658. The van der Waals surface area contributed by atoms with Crippen molar-refractivity contribution in [1.29, 1.82) is 0 Å². The third kappa shape index (κ3) is 19.9. The van der Waals surface area contributed by atoms with Crippen LogP contribution in [0.15, 0.2) is 0 Å². The lowest BCUT2D eigenvalue weighted by atomic mass is 10.1. The molecule has 7 N–H and O–H groups in total. The maximum atomic E-state index is 12.8. The lowest BCUT2D eigenvalue weighted by Crippen LogP contribution is -2.47. The summed E-state index contributed by atoms with van der Waals surface area (Å²) in [6.07, 6.45) is 8.81. The van der Waals surface area contributed by atoms with Gasteiger partial charge in [0.05, 0.1) is 6.61 Å². The first-order chi connectivity index (χ1) is 19.8. The van der Waals surface area contributed by atoms with Gasteiger partial charge in [-0.25, -0.2) is 0 Å². The Balaban J connectivity index is 2.21. The van der Waals surface area contributed by atoms with Crippen LogP contribution in [0.3, 0.4) is 0 Å². The van der Waals surface area contributed by atoms with Gasteiger partial charge in [-0.2, -0.15) is 0 Å². The van der Waals surface area contributed by atoms with Crippen LogP contribution in [0.5, 0.6) is 0 Å². The molecule has 0 aliphatic carbocycles. The maximum Gasteiger partial charge on any atom is 0.242 e. The molecule has 1 aliphatic heterocycles. The molecule has 1 heterocycles. The summed E-state index contributed by atoms with van der Waals surface area (Å²) in [5.74, 6) is -0.837. The fourth-order valence-electron chi connectivity index (χ4n) is 4.38. The Kier molecular flexibility index (Phi) is 21.1. The Hall–Kier alpha value is -2.77. The normalized spacial score (nSPS) is 17.3. The van der Waals surface area contributed by atoms with Gasteiger partial charge in [0.2, 0.25) is 30.0 Å². The summed E-state index contributed by atoms with van der Waals surface area (Å²) in [5, 5.41) is 20.9. The minimum absolute atomic E-state index is 0.0811. The highest BCUT2D eigenvalue weighted by Gasteiger charge is 2.24. The number of unbranched alkanes of at least 4 members (excludes halogenated alkanes) is 6. The van der Waals surface area contributed by atoms with Crippen molar-refractivity contribution >= 4 is 30.0 Å². The van der Waals surface area contributed by atoms with Gasteiger partial charge in [0.15, 0.2) is 6.29 Å². The van der Waals surface area contributed by atoms with Crippen LogP contribution >= 0.6 is 0 Å².